The molecule has 2 fully saturated rings. The van der Waals surface area contributed by atoms with Gasteiger partial charge in [-0.25, -0.2) is 4.98 Å². The van der Waals surface area contributed by atoms with Crippen LogP contribution in [0.2, 0.25) is 0 Å². The molecular formula is C21H34N4O2. The first-order valence-corrected chi connectivity index (χ1v) is 10.3. The summed E-state index contributed by atoms with van der Waals surface area (Å²) >= 11 is 0. The lowest BCUT2D eigenvalue weighted by molar-refractivity contribution is -0.119. The van der Waals surface area contributed by atoms with E-state index in [1.54, 1.807) is 0 Å². The molecular weight excluding hydrogens is 340 g/mol. The van der Waals surface area contributed by atoms with E-state index in [-0.39, 0.29) is 30.2 Å². The number of rotatable bonds is 4. The van der Waals surface area contributed by atoms with Gasteiger partial charge in [0.25, 0.3) is 0 Å². The third kappa shape index (κ3) is 4.61. The molecule has 2 heterocycles. The molecule has 0 spiro atoms. The number of nitrogens with two attached hydrogens (primary N) is 1. The monoisotopic (exact) mass is 374 g/mol. The molecule has 150 valence electrons. The van der Waals surface area contributed by atoms with E-state index in [0.29, 0.717) is 6.42 Å². The van der Waals surface area contributed by atoms with E-state index in [9.17, 15) is 4.79 Å². The van der Waals surface area contributed by atoms with Crippen molar-refractivity contribution in [1.29, 1.82) is 0 Å². The highest BCUT2D eigenvalue weighted by Gasteiger charge is 2.30. The van der Waals surface area contributed by atoms with E-state index < -0.39 is 0 Å². The van der Waals surface area contributed by atoms with Crippen LogP contribution >= 0.6 is 0 Å². The SMILES string of the molecule is CCC(=O)N(c1ccc(N2C[C@@H](C)O[C@H](C)C2)nc1C)C1CCC(N)CC1. The molecule has 1 saturated heterocycles. The summed E-state index contributed by atoms with van der Waals surface area (Å²) in [5, 5.41) is 0. The van der Waals surface area contributed by atoms with Gasteiger partial charge in [0.05, 0.1) is 23.6 Å². The Morgan fingerprint density at radius 1 is 1.22 bits per heavy atom. The number of carbonyl (C=O) groups excluding carboxylic acids is 1. The predicted molar refractivity (Wildman–Crippen MR) is 109 cm³/mol. The Kier molecular flexibility index (Phi) is 6.37. The second-order valence-corrected chi connectivity index (χ2v) is 8.12. The average molecular weight is 375 g/mol. The smallest absolute Gasteiger partial charge is 0.227 e. The zero-order valence-corrected chi connectivity index (χ0v) is 17.1. The number of ether oxygens (including phenoxy) is 1. The Balaban J connectivity index is 1.84. The molecule has 0 radical (unpaired) electrons. The highest BCUT2D eigenvalue weighted by Crippen LogP contribution is 2.31. The highest BCUT2D eigenvalue weighted by atomic mass is 16.5. The van der Waals surface area contributed by atoms with Crippen molar-refractivity contribution in [1.82, 2.24) is 4.98 Å². The second-order valence-electron chi connectivity index (χ2n) is 8.12. The van der Waals surface area contributed by atoms with E-state index in [1.807, 2.05) is 18.7 Å². The van der Waals surface area contributed by atoms with Crippen LogP contribution in [0.25, 0.3) is 0 Å². The van der Waals surface area contributed by atoms with E-state index in [4.69, 9.17) is 15.5 Å². The summed E-state index contributed by atoms with van der Waals surface area (Å²) < 4.78 is 5.83. The van der Waals surface area contributed by atoms with Gasteiger partial charge in [0.15, 0.2) is 0 Å². The molecule has 1 saturated carbocycles. The van der Waals surface area contributed by atoms with Crippen LogP contribution in [-0.4, -0.2) is 48.3 Å². The number of morpholine rings is 1. The molecule has 2 aliphatic rings. The number of carbonyl (C=O) groups is 1. The maximum Gasteiger partial charge on any atom is 0.227 e. The van der Waals surface area contributed by atoms with Gasteiger partial charge < -0.3 is 20.3 Å². The Labute approximate surface area is 163 Å². The number of amides is 1. The quantitative estimate of drug-likeness (QED) is 0.877. The first kappa shape index (κ1) is 20.1. The van der Waals surface area contributed by atoms with E-state index >= 15 is 0 Å². The molecule has 6 heteroatoms. The van der Waals surface area contributed by atoms with Crippen LogP contribution in [0.3, 0.4) is 0 Å². The van der Waals surface area contributed by atoms with Crippen LogP contribution in [0, 0.1) is 6.92 Å². The molecule has 27 heavy (non-hydrogen) atoms. The largest absolute Gasteiger partial charge is 0.372 e. The van der Waals surface area contributed by atoms with Gasteiger partial charge in [0.1, 0.15) is 5.82 Å². The fourth-order valence-electron chi connectivity index (χ4n) is 4.40. The summed E-state index contributed by atoms with van der Waals surface area (Å²) in [6.07, 6.45) is 4.78. The van der Waals surface area contributed by atoms with E-state index in [1.165, 1.54) is 0 Å². The second kappa shape index (κ2) is 8.57. The van der Waals surface area contributed by atoms with Crippen LogP contribution in [-0.2, 0) is 9.53 Å². The number of hydrogen-bond donors (Lipinski definition) is 1. The standard InChI is InChI=1S/C21H34N4O2/c1-5-21(26)25(18-8-6-17(22)7-9-18)19-10-11-20(23-16(19)4)24-12-14(2)27-15(3)13-24/h10-11,14-15,17-18H,5-9,12-13,22H2,1-4H3/t14-,15-,17?,18?/m1/s1. The number of pyridine rings is 1. The lowest BCUT2D eigenvalue weighted by atomic mass is 9.90. The predicted octanol–water partition coefficient (Wildman–Crippen LogP) is 3.02. The summed E-state index contributed by atoms with van der Waals surface area (Å²) in [5.74, 6) is 1.13. The minimum absolute atomic E-state index is 0.168. The van der Waals surface area contributed by atoms with Gasteiger partial charge in [-0.15, -0.1) is 0 Å². The lowest BCUT2D eigenvalue weighted by Gasteiger charge is -2.38. The molecule has 1 aliphatic carbocycles. The van der Waals surface area contributed by atoms with Crippen LogP contribution < -0.4 is 15.5 Å². The Morgan fingerprint density at radius 2 is 1.85 bits per heavy atom. The number of anilines is 2. The molecule has 1 aromatic rings. The van der Waals surface area contributed by atoms with Gasteiger partial charge >= 0.3 is 0 Å². The van der Waals surface area contributed by atoms with Crippen molar-refractivity contribution in [3.8, 4) is 0 Å². The Hall–Kier alpha value is -1.66. The molecule has 6 nitrogen and oxygen atoms in total. The molecule has 1 aliphatic heterocycles. The zero-order chi connectivity index (χ0) is 19.6. The van der Waals surface area contributed by atoms with Gasteiger partial charge in [-0.05, 0) is 58.6 Å². The molecule has 3 rings (SSSR count). The van der Waals surface area contributed by atoms with Crippen LogP contribution in [0.1, 0.15) is 58.6 Å². The van der Waals surface area contributed by atoms with Crippen molar-refractivity contribution in [2.24, 2.45) is 5.73 Å². The molecule has 0 aromatic carbocycles. The Bertz CT molecular complexity index is 648. The fourth-order valence-corrected chi connectivity index (χ4v) is 4.40. The van der Waals surface area contributed by atoms with Crippen molar-refractivity contribution in [2.45, 2.75) is 84.1 Å². The van der Waals surface area contributed by atoms with Gasteiger partial charge in [-0.3, -0.25) is 4.79 Å². The highest BCUT2D eigenvalue weighted by molar-refractivity contribution is 5.94. The topological polar surface area (TPSA) is 71.7 Å². The maximum atomic E-state index is 12.8. The first-order valence-electron chi connectivity index (χ1n) is 10.3. The molecule has 2 N–H and O–H groups in total. The molecule has 2 atom stereocenters. The van der Waals surface area contributed by atoms with Crippen molar-refractivity contribution in [3.05, 3.63) is 17.8 Å². The van der Waals surface area contributed by atoms with Gasteiger partial charge in [0, 0.05) is 31.6 Å². The number of nitrogens with zero attached hydrogens (tertiary/aromatic N) is 3. The first-order chi connectivity index (χ1) is 12.9. The number of aromatic nitrogens is 1. The maximum absolute atomic E-state index is 12.8. The van der Waals surface area contributed by atoms with Crippen LogP contribution in [0.4, 0.5) is 11.5 Å². The van der Waals surface area contributed by atoms with E-state index in [2.05, 4.69) is 30.9 Å². The molecule has 0 bridgehead atoms. The lowest BCUT2D eigenvalue weighted by Crippen LogP contribution is -2.46. The van der Waals surface area contributed by atoms with E-state index in [0.717, 1.165) is 56.0 Å². The third-order valence-electron chi connectivity index (χ3n) is 5.72. The third-order valence-corrected chi connectivity index (χ3v) is 5.72. The summed E-state index contributed by atoms with van der Waals surface area (Å²) in [7, 11) is 0. The summed E-state index contributed by atoms with van der Waals surface area (Å²) in [6.45, 7) is 9.81. The summed E-state index contributed by atoms with van der Waals surface area (Å²) in [5.41, 5.74) is 7.93. The number of aryl methyl sites for hydroxylation is 1. The van der Waals surface area contributed by atoms with Crippen LogP contribution in [0.5, 0.6) is 0 Å². The molecule has 1 aromatic heterocycles. The summed E-state index contributed by atoms with van der Waals surface area (Å²) in [4.78, 5) is 21.9. The minimum Gasteiger partial charge on any atom is -0.372 e. The number of hydrogen-bond acceptors (Lipinski definition) is 5. The van der Waals surface area contributed by atoms with Crippen molar-refractivity contribution in [2.75, 3.05) is 22.9 Å². The van der Waals surface area contributed by atoms with Gasteiger partial charge in [-0.1, -0.05) is 6.92 Å². The van der Waals surface area contributed by atoms with Crippen molar-refractivity contribution < 1.29 is 9.53 Å². The minimum atomic E-state index is 0.168. The fraction of sp³-hybridized carbons (Fsp3) is 0.714. The van der Waals surface area contributed by atoms with Gasteiger partial charge in [-0.2, -0.15) is 0 Å². The van der Waals surface area contributed by atoms with Crippen LogP contribution in [0.15, 0.2) is 12.1 Å². The van der Waals surface area contributed by atoms with Gasteiger partial charge in [0.2, 0.25) is 5.91 Å². The van der Waals surface area contributed by atoms with Crippen molar-refractivity contribution in [3.63, 3.8) is 0 Å². The zero-order valence-electron chi connectivity index (χ0n) is 17.1. The summed E-state index contributed by atoms with van der Waals surface area (Å²) in [6, 6.07) is 4.63. The average Bonchev–Trinajstić information content (AvgIpc) is 2.63. The normalized spacial score (nSPS) is 28.9. The molecule has 0 unspecified atom stereocenters. The molecule has 1 amide bonds. The Morgan fingerprint density at radius 3 is 2.41 bits per heavy atom. The van der Waals surface area contributed by atoms with Crippen molar-refractivity contribution >= 4 is 17.4 Å².